The van der Waals surface area contributed by atoms with Crippen LogP contribution in [0.15, 0.2) is 24.4 Å². The molecule has 1 N–H and O–H groups in total. The average Bonchev–Trinajstić information content (AvgIpc) is 3.02. The van der Waals surface area contributed by atoms with Crippen molar-refractivity contribution in [2.45, 2.75) is 31.7 Å². The molecule has 2 aliphatic rings. The quantitative estimate of drug-likeness (QED) is 0.886. The number of rotatable bonds is 5. The van der Waals surface area contributed by atoms with E-state index in [0.717, 1.165) is 44.6 Å². The molecule has 4 nitrogen and oxygen atoms in total. The van der Waals surface area contributed by atoms with Gasteiger partial charge in [-0.1, -0.05) is 18.9 Å². The third-order valence-electron chi connectivity index (χ3n) is 4.56. The normalized spacial score (nSPS) is 21.5. The van der Waals surface area contributed by atoms with Crippen LogP contribution in [0, 0.1) is 0 Å². The maximum Gasteiger partial charge on any atom is 0.128 e. The number of piperazine rings is 1. The van der Waals surface area contributed by atoms with Crippen LogP contribution in [0.5, 0.6) is 0 Å². The van der Waals surface area contributed by atoms with Crippen molar-refractivity contribution in [1.82, 2.24) is 15.2 Å². The molecule has 0 bridgehead atoms. The Morgan fingerprint density at radius 3 is 2.60 bits per heavy atom. The second kappa shape index (κ2) is 7.04. The Labute approximate surface area is 122 Å². The molecule has 4 heteroatoms. The second-order valence-corrected chi connectivity index (χ2v) is 5.95. The third-order valence-corrected chi connectivity index (χ3v) is 4.56. The van der Waals surface area contributed by atoms with E-state index < -0.39 is 0 Å². The van der Waals surface area contributed by atoms with E-state index in [2.05, 4.69) is 32.2 Å². The van der Waals surface area contributed by atoms with Crippen LogP contribution in [0.1, 0.15) is 25.7 Å². The molecule has 1 aromatic heterocycles. The van der Waals surface area contributed by atoms with Crippen molar-refractivity contribution in [2.24, 2.45) is 0 Å². The highest BCUT2D eigenvalue weighted by atomic mass is 15.3. The van der Waals surface area contributed by atoms with Crippen LogP contribution in [0.25, 0.3) is 0 Å². The van der Waals surface area contributed by atoms with Crippen LogP contribution in [0.3, 0.4) is 0 Å². The van der Waals surface area contributed by atoms with Crippen molar-refractivity contribution < 1.29 is 0 Å². The maximum atomic E-state index is 4.44. The molecule has 0 aromatic carbocycles. The number of pyridine rings is 1. The van der Waals surface area contributed by atoms with Gasteiger partial charge in [0.2, 0.25) is 0 Å². The van der Waals surface area contributed by atoms with E-state index in [1.54, 1.807) is 0 Å². The van der Waals surface area contributed by atoms with Gasteiger partial charge >= 0.3 is 0 Å². The number of nitrogens with zero attached hydrogens (tertiary/aromatic N) is 3. The summed E-state index contributed by atoms with van der Waals surface area (Å²) >= 11 is 0. The molecule has 0 unspecified atom stereocenters. The van der Waals surface area contributed by atoms with E-state index in [9.17, 15) is 0 Å². The Morgan fingerprint density at radius 2 is 1.90 bits per heavy atom. The van der Waals surface area contributed by atoms with E-state index in [1.807, 2.05) is 12.3 Å². The van der Waals surface area contributed by atoms with Crippen molar-refractivity contribution in [3.05, 3.63) is 24.4 Å². The third kappa shape index (κ3) is 3.70. The SMILES string of the molecule is c1ccc(N2CCN(CCNC3CCCC3)CC2)nc1. The maximum absolute atomic E-state index is 4.44. The molecule has 0 spiro atoms. The number of hydrogen-bond donors (Lipinski definition) is 1. The van der Waals surface area contributed by atoms with Gasteiger partial charge in [0.1, 0.15) is 5.82 Å². The average molecular weight is 274 g/mol. The lowest BCUT2D eigenvalue weighted by Gasteiger charge is -2.35. The fourth-order valence-electron chi connectivity index (χ4n) is 3.30. The Bertz CT molecular complexity index is 381. The van der Waals surface area contributed by atoms with Crippen molar-refractivity contribution in [1.29, 1.82) is 0 Å². The fourth-order valence-corrected chi connectivity index (χ4v) is 3.30. The first-order valence-electron chi connectivity index (χ1n) is 8.03. The standard InChI is InChI=1S/C16H26N4/c1-2-6-15(5-1)17-9-10-19-11-13-20(14-12-19)16-7-3-4-8-18-16/h3-4,7-8,15,17H,1-2,5-6,9-14H2. The van der Waals surface area contributed by atoms with Gasteiger partial charge < -0.3 is 10.2 Å². The van der Waals surface area contributed by atoms with Crippen molar-refractivity contribution in [2.75, 3.05) is 44.2 Å². The summed E-state index contributed by atoms with van der Waals surface area (Å²) in [4.78, 5) is 9.40. The molecule has 3 rings (SSSR count). The summed E-state index contributed by atoms with van der Waals surface area (Å²) in [5.74, 6) is 1.12. The minimum Gasteiger partial charge on any atom is -0.354 e. The zero-order chi connectivity index (χ0) is 13.6. The highest BCUT2D eigenvalue weighted by Crippen LogP contribution is 2.17. The van der Waals surface area contributed by atoms with Crippen LogP contribution in [0.4, 0.5) is 5.82 Å². The predicted octanol–water partition coefficient (Wildman–Crippen LogP) is 1.74. The van der Waals surface area contributed by atoms with Gasteiger partial charge in [-0.15, -0.1) is 0 Å². The van der Waals surface area contributed by atoms with Gasteiger partial charge in [0.15, 0.2) is 0 Å². The van der Waals surface area contributed by atoms with Crippen molar-refractivity contribution in [3.63, 3.8) is 0 Å². The summed E-state index contributed by atoms with van der Waals surface area (Å²) in [5.41, 5.74) is 0. The lowest BCUT2D eigenvalue weighted by molar-refractivity contribution is 0.253. The Hall–Kier alpha value is -1.13. The van der Waals surface area contributed by atoms with E-state index in [-0.39, 0.29) is 0 Å². The van der Waals surface area contributed by atoms with Crippen LogP contribution in [-0.2, 0) is 0 Å². The summed E-state index contributed by atoms with van der Waals surface area (Å²) in [7, 11) is 0. The monoisotopic (exact) mass is 274 g/mol. The minimum absolute atomic E-state index is 0.796. The molecular weight excluding hydrogens is 248 g/mol. The summed E-state index contributed by atoms with van der Waals surface area (Å²) < 4.78 is 0. The van der Waals surface area contributed by atoms with Gasteiger partial charge in [0, 0.05) is 51.5 Å². The van der Waals surface area contributed by atoms with Crippen molar-refractivity contribution in [3.8, 4) is 0 Å². The first-order chi connectivity index (χ1) is 9.92. The smallest absolute Gasteiger partial charge is 0.128 e. The van der Waals surface area contributed by atoms with E-state index >= 15 is 0 Å². The van der Waals surface area contributed by atoms with Crippen LogP contribution in [-0.4, -0.2) is 55.2 Å². The number of nitrogens with one attached hydrogen (secondary N) is 1. The summed E-state index contributed by atoms with van der Waals surface area (Å²) in [6.07, 6.45) is 7.48. The molecule has 0 amide bonds. The topological polar surface area (TPSA) is 31.4 Å². The zero-order valence-electron chi connectivity index (χ0n) is 12.3. The molecule has 110 valence electrons. The molecular formula is C16H26N4. The number of aromatic nitrogens is 1. The van der Waals surface area contributed by atoms with Gasteiger partial charge in [-0.2, -0.15) is 0 Å². The van der Waals surface area contributed by atoms with Crippen LogP contribution >= 0.6 is 0 Å². The lowest BCUT2D eigenvalue weighted by atomic mass is 10.2. The molecule has 0 radical (unpaired) electrons. The first kappa shape index (κ1) is 13.8. The Morgan fingerprint density at radius 1 is 1.10 bits per heavy atom. The molecule has 1 saturated carbocycles. The minimum atomic E-state index is 0.796. The number of anilines is 1. The Kier molecular flexibility index (Phi) is 4.87. The highest BCUT2D eigenvalue weighted by Gasteiger charge is 2.18. The summed E-state index contributed by atoms with van der Waals surface area (Å²) in [6.45, 7) is 6.84. The summed E-state index contributed by atoms with van der Waals surface area (Å²) in [5, 5.41) is 3.70. The van der Waals surface area contributed by atoms with E-state index in [4.69, 9.17) is 0 Å². The van der Waals surface area contributed by atoms with E-state index in [1.165, 1.54) is 32.2 Å². The van der Waals surface area contributed by atoms with Crippen LogP contribution < -0.4 is 10.2 Å². The van der Waals surface area contributed by atoms with Gasteiger partial charge in [0.05, 0.1) is 0 Å². The van der Waals surface area contributed by atoms with Gasteiger partial charge in [-0.05, 0) is 25.0 Å². The second-order valence-electron chi connectivity index (χ2n) is 5.95. The largest absolute Gasteiger partial charge is 0.354 e. The van der Waals surface area contributed by atoms with Crippen LogP contribution in [0.2, 0.25) is 0 Å². The molecule has 20 heavy (non-hydrogen) atoms. The lowest BCUT2D eigenvalue weighted by Crippen LogP contribution is -2.48. The van der Waals surface area contributed by atoms with Gasteiger partial charge in [-0.25, -0.2) is 4.98 Å². The molecule has 2 heterocycles. The summed E-state index contributed by atoms with van der Waals surface area (Å²) in [6, 6.07) is 6.95. The fraction of sp³-hybridized carbons (Fsp3) is 0.688. The Balaban J connectivity index is 1.36. The molecule has 0 atom stereocenters. The van der Waals surface area contributed by atoms with E-state index in [0.29, 0.717) is 0 Å². The molecule has 2 fully saturated rings. The molecule has 1 saturated heterocycles. The highest BCUT2D eigenvalue weighted by molar-refractivity contribution is 5.38. The number of hydrogen-bond acceptors (Lipinski definition) is 4. The van der Waals surface area contributed by atoms with Gasteiger partial charge in [0.25, 0.3) is 0 Å². The van der Waals surface area contributed by atoms with Gasteiger partial charge in [-0.3, -0.25) is 4.90 Å². The molecule has 1 aromatic rings. The first-order valence-corrected chi connectivity index (χ1v) is 8.03. The van der Waals surface area contributed by atoms with Crippen molar-refractivity contribution >= 4 is 5.82 Å². The predicted molar refractivity (Wildman–Crippen MR) is 83.1 cm³/mol. The molecule has 1 aliphatic carbocycles. The zero-order valence-corrected chi connectivity index (χ0v) is 12.3. The molecule has 1 aliphatic heterocycles.